The van der Waals surface area contributed by atoms with Gasteiger partial charge in [-0.05, 0) is 42.6 Å². The summed E-state index contributed by atoms with van der Waals surface area (Å²) in [5.41, 5.74) is 2.51. The topological polar surface area (TPSA) is 12.0 Å². The van der Waals surface area contributed by atoms with E-state index < -0.39 is 0 Å². The van der Waals surface area contributed by atoms with Gasteiger partial charge in [0.15, 0.2) is 0 Å². The Balaban J connectivity index is 2.53. The maximum Gasteiger partial charge on any atom is 0.0471 e. The number of fused-ring (bicyclic) bond motifs is 1. The van der Waals surface area contributed by atoms with Crippen molar-refractivity contribution in [3.63, 3.8) is 0 Å². The van der Waals surface area contributed by atoms with Gasteiger partial charge < -0.3 is 5.32 Å². The molecule has 0 spiro atoms. The number of hydrogen-bond acceptors (Lipinski definition) is 1. The van der Waals surface area contributed by atoms with Crippen LogP contribution in [0.3, 0.4) is 0 Å². The predicted octanol–water partition coefficient (Wildman–Crippen LogP) is 3.45. The largest absolute Gasteiger partial charge is 0.313 e. The summed E-state index contributed by atoms with van der Waals surface area (Å²) in [7, 11) is 1.97. The fraction of sp³-hybridized carbons (Fsp3) is 0.455. The lowest BCUT2D eigenvalue weighted by Gasteiger charge is -2.16. The van der Waals surface area contributed by atoms with Gasteiger partial charge in [0.25, 0.3) is 0 Å². The second kappa shape index (κ2) is 3.73. The summed E-state index contributed by atoms with van der Waals surface area (Å²) < 4.78 is 0. The molecule has 2 unspecified atom stereocenters. The van der Waals surface area contributed by atoms with Crippen LogP contribution in [-0.4, -0.2) is 7.05 Å². The summed E-state index contributed by atoms with van der Waals surface area (Å²) in [4.78, 5) is 0. The highest BCUT2D eigenvalue weighted by molar-refractivity contribution is 6.35. The molecule has 1 N–H and O–H groups in total. The molecule has 0 fully saturated rings. The van der Waals surface area contributed by atoms with Gasteiger partial charge in [0, 0.05) is 16.1 Å². The lowest BCUT2D eigenvalue weighted by atomic mass is 10.0. The molecule has 76 valence electrons. The van der Waals surface area contributed by atoms with Crippen LogP contribution in [0, 0.1) is 5.92 Å². The lowest BCUT2D eigenvalue weighted by Crippen LogP contribution is -2.19. The molecule has 2 rings (SSSR count). The minimum Gasteiger partial charge on any atom is -0.313 e. The van der Waals surface area contributed by atoms with Crippen LogP contribution in [0.15, 0.2) is 12.1 Å². The highest BCUT2D eigenvalue weighted by Gasteiger charge is 2.30. The molecule has 0 saturated heterocycles. The van der Waals surface area contributed by atoms with E-state index >= 15 is 0 Å². The summed E-state index contributed by atoms with van der Waals surface area (Å²) in [5, 5.41) is 4.82. The van der Waals surface area contributed by atoms with Crippen LogP contribution in [0.5, 0.6) is 0 Å². The number of rotatable bonds is 1. The van der Waals surface area contributed by atoms with E-state index in [4.69, 9.17) is 23.2 Å². The molecule has 3 heteroatoms. The third-order valence-corrected chi connectivity index (χ3v) is 3.44. The Bertz CT molecular complexity index is 363. The first-order chi connectivity index (χ1) is 6.63. The lowest BCUT2D eigenvalue weighted by molar-refractivity contribution is 0.447. The Morgan fingerprint density at radius 2 is 2.07 bits per heavy atom. The average Bonchev–Trinajstić information content (AvgIpc) is 2.40. The molecule has 0 heterocycles. The Labute approximate surface area is 94.4 Å². The zero-order valence-corrected chi connectivity index (χ0v) is 9.78. The van der Waals surface area contributed by atoms with Crippen LogP contribution >= 0.6 is 23.2 Å². The van der Waals surface area contributed by atoms with Crippen LogP contribution in [0.2, 0.25) is 10.0 Å². The van der Waals surface area contributed by atoms with Gasteiger partial charge in [0.1, 0.15) is 0 Å². The van der Waals surface area contributed by atoms with Gasteiger partial charge in [0.2, 0.25) is 0 Å². The molecular formula is C11H13Cl2N. The highest BCUT2D eigenvalue weighted by atomic mass is 35.5. The highest BCUT2D eigenvalue weighted by Crippen LogP contribution is 2.41. The van der Waals surface area contributed by atoms with Crippen LogP contribution in [0.4, 0.5) is 0 Å². The smallest absolute Gasteiger partial charge is 0.0471 e. The van der Waals surface area contributed by atoms with Crippen molar-refractivity contribution in [3.05, 3.63) is 33.3 Å². The monoisotopic (exact) mass is 229 g/mol. The van der Waals surface area contributed by atoms with Crippen LogP contribution in [0.1, 0.15) is 24.1 Å². The van der Waals surface area contributed by atoms with Crippen molar-refractivity contribution in [2.75, 3.05) is 7.05 Å². The van der Waals surface area contributed by atoms with Crippen LogP contribution in [0.25, 0.3) is 0 Å². The summed E-state index contributed by atoms with van der Waals surface area (Å²) >= 11 is 12.2. The Kier molecular flexibility index (Phi) is 2.74. The van der Waals surface area contributed by atoms with E-state index in [2.05, 4.69) is 12.2 Å². The van der Waals surface area contributed by atoms with Crippen molar-refractivity contribution in [1.82, 2.24) is 5.32 Å². The standard InChI is InChI=1S/C11H13Cl2N/c1-6-3-7-4-8(12)5-9(13)10(7)11(6)14-2/h4-6,11,14H,3H2,1-2H3. The van der Waals surface area contributed by atoms with Gasteiger partial charge in [-0.1, -0.05) is 30.1 Å². The van der Waals surface area contributed by atoms with Gasteiger partial charge in [-0.2, -0.15) is 0 Å². The fourth-order valence-electron chi connectivity index (χ4n) is 2.33. The summed E-state index contributed by atoms with van der Waals surface area (Å²) in [6.07, 6.45) is 1.06. The molecule has 2 atom stereocenters. The molecule has 1 nitrogen and oxygen atoms in total. The molecule has 14 heavy (non-hydrogen) atoms. The van der Waals surface area contributed by atoms with Gasteiger partial charge in [-0.15, -0.1) is 0 Å². The van der Waals surface area contributed by atoms with E-state index in [0.29, 0.717) is 12.0 Å². The molecule has 1 aliphatic carbocycles. The van der Waals surface area contributed by atoms with E-state index in [-0.39, 0.29) is 0 Å². The second-order valence-corrected chi connectivity index (χ2v) is 4.75. The number of hydrogen-bond donors (Lipinski definition) is 1. The van der Waals surface area contributed by atoms with Crippen molar-refractivity contribution in [2.24, 2.45) is 5.92 Å². The van der Waals surface area contributed by atoms with Crippen molar-refractivity contribution < 1.29 is 0 Å². The van der Waals surface area contributed by atoms with Crippen molar-refractivity contribution in [3.8, 4) is 0 Å². The fourth-order valence-corrected chi connectivity index (χ4v) is 2.99. The van der Waals surface area contributed by atoms with Gasteiger partial charge >= 0.3 is 0 Å². The molecule has 0 bridgehead atoms. The second-order valence-electron chi connectivity index (χ2n) is 3.91. The summed E-state index contributed by atoms with van der Waals surface area (Å²) in [6, 6.07) is 4.22. The van der Waals surface area contributed by atoms with E-state index in [1.807, 2.05) is 19.2 Å². The molecule has 0 radical (unpaired) electrons. The third-order valence-electron chi connectivity index (χ3n) is 2.91. The summed E-state index contributed by atoms with van der Waals surface area (Å²) in [5.74, 6) is 0.589. The minimum atomic E-state index is 0.370. The zero-order chi connectivity index (χ0) is 10.3. The molecule has 0 aliphatic heterocycles. The van der Waals surface area contributed by atoms with Crippen molar-refractivity contribution in [1.29, 1.82) is 0 Å². The molecular weight excluding hydrogens is 217 g/mol. The quantitative estimate of drug-likeness (QED) is 0.779. The van der Waals surface area contributed by atoms with Crippen molar-refractivity contribution >= 4 is 23.2 Å². The number of benzene rings is 1. The molecule has 0 amide bonds. The predicted molar refractivity (Wildman–Crippen MR) is 61.1 cm³/mol. The molecule has 0 aromatic heterocycles. The summed E-state index contributed by atoms with van der Waals surface area (Å²) in [6.45, 7) is 2.23. The van der Waals surface area contributed by atoms with Crippen LogP contribution < -0.4 is 5.32 Å². The average molecular weight is 230 g/mol. The van der Waals surface area contributed by atoms with E-state index in [1.54, 1.807) is 0 Å². The third kappa shape index (κ3) is 1.54. The normalized spacial score (nSPS) is 25.1. The number of nitrogens with one attached hydrogen (secondary N) is 1. The van der Waals surface area contributed by atoms with E-state index in [9.17, 15) is 0 Å². The molecule has 1 aliphatic rings. The van der Waals surface area contributed by atoms with Gasteiger partial charge in [-0.3, -0.25) is 0 Å². The van der Waals surface area contributed by atoms with E-state index in [0.717, 1.165) is 16.5 Å². The van der Waals surface area contributed by atoms with Gasteiger partial charge in [0.05, 0.1) is 0 Å². The van der Waals surface area contributed by atoms with E-state index in [1.165, 1.54) is 11.1 Å². The first kappa shape index (κ1) is 10.3. The van der Waals surface area contributed by atoms with Crippen LogP contribution in [-0.2, 0) is 6.42 Å². The zero-order valence-electron chi connectivity index (χ0n) is 8.27. The molecule has 0 saturated carbocycles. The Morgan fingerprint density at radius 1 is 1.36 bits per heavy atom. The first-order valence-corrected chi connectivity index (χ1v) is 5.54. The van der Waals surface area contributed by atoms with Gasteiger partial charge in [-0.25, -0.2) is 0 Å². The Hall–Kier alpha value is -0.240. The Morgan fingerprint density at radius 3 is 2.71 bits per heavy atom. The molecule has 1 aromatic rings. The van der Waals surface area contributed by atoms with Crippen molar-refractivity contribution in [2.45, 2.75) is 19.4 Å². The maximum absolute atomic E-state index is 6.19. The minimum absolute atomic E-state index is 0.370. The SMILES string of the molecule is CNC1c2c(Cl)cc(Cl)cc2CC1C. The first-order valence-electron chi connectivity index (χ1n) is 4.78. The number of halogens is 2. The maximum atomic E-state index is 6.19. The molecule has 1 aromatic carbocycles.